The van der Waals surface area contributed by atoms with Crippen molar-refractivity contribution in [2.45, 2.75) is 25.5 Å². The first kappa shape index (κ1) is 18.2. The van der Waals surface area contributed by atoms with Crippen LogP contribution in [0.5, 0.6) is 0 Å². The molecule has 134 valence electrons. The molecular formula is C19H20BNO5. The maximum absolute atomic E-state index is 12.5. The Hall–Kier alpha value is -2.61. The Morgan fingerprint density at radius 2 is 1.85 bits per heavy atom. The van der Waals surface area contributed by atoms with Crippen LogP contribution in [0.4, 0.5) is 0 Å². The van der Waals surface area contributed by atoms with E-state index < -0.39 is 19.5 Å². The second kappa shape index (κ2) is 8.18. The number of para-hydroxylation sites is 1. The molecule has 0 unspecified atom stereocenters. The predicted molar refractivity (Wildman–Crippen MR) is 98.0 cm³/mol. The maximum atomic E-state index is 12.5. The van der Waals surface area contributed by atoms with Crippen LogP contribution >= 0.6 is 0 Å². The molecule has 1 amide bonds. The third-order valence-electron chi connectivity index (χ3n) is 4.25. The van der Waals surface area contributed by atoms with Crippen LogP contribution in [0, 0.1) is 0 Å². The van der Waals surface area contributed by atoms with E-state index in [4.69, 9.17) is 9.07 Å². The highest BCUT2D eigenvalue weighted by Crippen LogP contribution is 2.22. The minimum absolute atomic E-state index is 0.238. The van der Waals surface area contributed by atoms with Crippen molar-refractivity contribution in [2.75, 3.05) is 0 Å². The summed E-state index contributed by atoms with van der Waals surface area (Å²) in [6.07, 6.45) is 0.911. The van der Waals surface area contributed by atoms with Gasteiger partial charge in [0.25, 0.3) is 0 Å². The van der Waals surface area contributed by atoms with E-state index >= 15 is 0 Å². The van der Waals surface area contributed by atoms with Crippen LogP contribution in [0.15, 0.2) is 65.3 Å². The lowest BCUT2D eigenvalue weighted by Gasteiger charge is -2.21. The van der Waals surface area contributed by atoms with Crippen molar-refractivity contribution in [1.29, 1.82) is 0 Å². The van der Waals surface area contributed by atoms with Gasteiger partial charge in [-0.1, -0.05) is 48.5 Å². The van der Waals surface area contributed by atoms with Gasteiger partial charge in [0.05, 0.1) is 12.2 Å². The van der Waals surface area contributed by atoms with Crippen molar-refractivity contribution < 1.29 is 23.9 Å². The summed E-state index contributed by atoms with van der Waals surface area (Å²) in [6.45, 7) is 1.78. The van der Waals surface area contributed by atoms with Gasteiger partial charge in [0.2, 0.25) is 5.91 Å². The lowest BCUT2D eigenvalue weighted by Crippen LogP contribution is -2.43. The van der Waals surface area contributed by atoms with Crippen LogP contribution in [0.1, 0.15) is 24.0 Å². The molecule has 0 fully saturated rings. The highest BCUT2D eigenvalue weighted by Gasteiger charge is 2.24. The fourth-order valence-corrected chi connectivity index (χ4v) is 2.85. The first-order chi connectivity index (χ1) is 12.5. The van der Waals surface area contributed by atoms with E-state index in [1.54, 1.807) is 13.2 Å². The normalized spacial score (nSPS) is 13.3. The largest absolute Gasteiger partial charge is 0.635 e. The molecule has 1 heterocycles. The van der Waals surface area contributed by atoms with E-state index in [1.807, 2.05) is 54.6 Å². The molecule has 0 bridgehead atoms. The standard InChI is InChI=1S/C19H20BNO5/c1-13(14-7-3-2-4-8-14)19(22)21-18(26-20(23)24)11-15-12-25-17-10-6-5-9-16(15)17/h2-10,12-13,18,23-24H,11H2,1H3,(H,21,22)/t13-,18-/m1/s1. The first-order valence-corrected chi connectivity index (χ1v) is 8.36. The number of amides is 1. The van der Waals surface area contributed by atoms with Crippen LogP contribution in [-0.2, 0) is 15.9 Å². The third-order valence-corrected chi connectivity index (χ3v) is 4.25. The molecule has 2 aromatic carbocycles. The highest BCUT2D eigenvalue weighted by atomic mass is 16.6. The average molecular weight is 353 g/mol. The quantitative estimate of drug-likeness (QED) is 0.447. The molecule has 0 saturated heterocycles. The number of furan rings is 1. The first-order valence-electron chi connectivity index (χ1n) is 8.36. The molecule has 0 spiro atoms. The molecule has 3 rings (SSSR count). The Morgan fingerprint density at radius 1 is 1.15 bits per heavy atom. The van der Waals surface area contributed by atoms with Gasteiger partial charge in [0, 0.05) is 17.4 Å². The summed E-state index contributed by atoms with van der Waals surface area (Å²) in [5, 5.41) is 22.0. The van der Waals surface area contributed by atoms with Crippen molar-refractivity contribution in [1.82, 2.24) is 5.32 Å². The summed E-state index contributed by atoms with van der Waals surface area (Å²) in [6, 6.07) is 16.8. The number of nitrogens with one attached hydrogen (secondary N) is 1. The molecular weight excluding hydrogens is 333 g/mol. The van der Waals surface area contributed by atoms with E-state index in [-0.39, 0.29) is 12.3 Å². The Labute approximate surface area is 151 Å². The van der Waals surface area contributed by atoms with E-state index in [2.05, 4.69) is 5.32 Å². The number of carbonyl (C=O) groups excluding carboxylic acids is 1. The van der Waals surface area contributed by atoms with E-state index in [0.29, 0.717) is 0 Å². The van der Waals surface area contributed by atoms with Crippen LogP contribution in [0.3, 0.4) is 0 Å². The van der Waals surface area contributed by atoms with Gasteiger partial charge < -0.3 is 24.4 Å². The smallest absolute Gasteiger partial charge is 0.464 e. The molecule has 0 saturated carbocycles. The lowest BCUT2D eigenvalue weighted by atomic mass is 10.00. The number of carbonyl (C=O) groups is 1. The molecule has 0 aliphatic carbocycles. The molecule has 26 heavy (non-hydrogen) atoms. The van der Waals surface area contributed by atoms with Crippen molar-refractivity contribution in [2.24, 2.45) is 0 Å². The third kappa shape index (κ3) is 4.32. The number of hydrogen-bond donors (Lipinski definition) is 3. The summed E-state index contributed by atoms with van der Waals surface area (Å²) >= 11 is 0. The molecule has 2 atom stereocenters. The number of benzene rings is 2. The van der Waals surface area contributed by atoms with Gasteiger partial charge in [-0.15, -0.1) is 0 Å². The van der Waals surface area contributed by atoms with Crippen molar-refractivity contribution in [3.8, 4) is 0 Å². The van der Waals surface area contributed by atoms with Crippen LogP contribution in [0.25, 0.3) is 11.0 Å². The number of hydrogen-bond acceptors (Lipinski definition) is 5. The molecule has 1 aromatic heterocycles. The minimum Gasteiger partial charge on any atom is -0.464 e. The molecule has 3 N–H and O–H groups in total. The monoisotopic (exact) mass is 353 g/mol. The van der Waals surface area contributed by atoms with Gasteiger partial charge >= 0.3 is 7.32 Å². The fraction of sp³-hybridized carbons (Fsp3) is 0.211. The van der Waals surface area contributed by atoms with Gasteiger partial charge in [-0.05, 0) is 18.6 Å². The summed E-state index contributed by atoms with van der Waals surface area (Å²) in [5.41, 5.74) is 2.38. The second-order valence-corrected chi connectivity index (χ2v) is 6.05. The molecule has 3 aromatic rings. The summed E-state index contributed by atoms with van der Waals surface area (Å²) < 4.78 is 10.6. The zero-order chi connectivity index (χ0) is 18.5. The highest BCUT2D eigenvalue weighted by molar-refractivity contribution is 6.32. The molecule has 0 aliphatic heterocycles. The van der Waals surface area contributed by atoms with Gasteiger partial charge in [-0.2, -0.15) is 0 Å². The average Bonchev–Trinajstić information content (AvgIpc) is 3.04. The SMILES string of the molecule is C[C@@H](C(=O)N[C@@H](Cc1coc2ccccc12)OB(O)O)c1ccccc1. The van der Waals surface area contributed by atoms with Crippen LogP contribution < -0.4 is 5.32 Å². The fourth-order valence-electron chi connectivity index (χ4n) is 2.85. The van der Waals surface area contributed by atoms with Crippen LogP contribution in [-0.4, -0.2) is 29.5 Å². The molecule has 0 radical (unpaired) electrons. The van der Waals surface area contributed by atoms with E-state index in [9.17, 15) is 14.8 Å². The second-order valence-electron chi connectivity index (χ2n) is 6.05. The summed E-state index contributed by atoms with van der Waals surface area (Å²) in [5.74, 6) is -0.672. The molecule has 0 aliphatic rings. The van der Waals surface area contributed by atoms with Crippen molar-refractivity contribution >= 4 is 24.2 Å². The number of rotatable bonds is 7. The van der Waals surface area contributed by atoms with E-state index in [0.717, 1.165) is 22.1 Å². The van der Waals surface area contributed by atoms with Crippen molar-refractivity contribution in [3.63, 3.8) is 0 Å². The predicted octanol–water partition coefficient (Wildman–Crippen LogP) is 2.21. The lowest BCUT2D eigenvalue weighted by molar-refractivity contribution is -0.125. The van der Waals surface area contributed by atoms with E-state index in [1.165, 1.54) is 0 Å². The zero-order valence-corrected chi connectivity index (χ0v) is 14.3. The van der Waals surface area contributed by atoms with Gasteiger partial charge in [0.15, 0.2) is 0 Å². The van der Waals surface area contributed by atoms with Crippen molar-refractivity contribution in [3.05, 3.63) is 72.0 Å². The van der Waals surface area contributed by atoms with Gasteiger partial charge in [0.1, 0.15) is 11.8 Å². The maximum Gasteiger partial charge on any atom is 0.635 e. The summed E-state index contributed by atoms with van der Waals surface area (Å²) in [7, 11) is -1.99. The zero-order valence-electron chi connectivity index (χ0n) is 14.3. The topological polar surface area (TPSA) is 91.9 Å². The Kier molecular flexibility index (Phi) is 5.73. The molecule has 7 heteroatoms. The minimum atomic E-state index is -1.99. The summed E-state index contributed by atoms with van der Waals surface area (Å²) in [4.78, 5) is 12.5. The Balaban J connectivity index is 1.74. The van der Waals surface area contributed by atoms with Gasteiger partial charge in [-0.3, -0.25) is 4.79 Å². The van der Waals surface area contributed by atoms with Crippen LogP contribution in [0.2, 0.25) is 0 Å². The Morgan fingerprint density at radius 3 is 2.58 bits per heavy atom. The molecule has 6 nitrogen and oxygen atoms in total. The Bertz CT molecular complexity index is 865. The number of fused-ring (bicyclic) bond motifs is 1. The van der Waals surface area contributed by atoms with Gasteiger partial charge in [-0.25, -0.2) is 0 Å².